The summed E-state index contributed by atoms with van der Waals surface area (Å²) in [5.41, 5.74) is 2.20. The molecule has 2 heteroatoms. The topological polar surface area (TPSA) is 29.1 Å². The Morgan fingerprint density at radius 1 is 1.28 bits per heavy atom. The number of hydrogen-bond acceptors (Lipinski definition) is 1. The highest BCUT2D eigenvalue weighted by atomic mass is 16.1. The van der Waals surface area contributed by atoms with E-state index in [2.05, 4.69) is 30.5 Å². The van der Waals surface area contributed by atoms with E-state index in [0.29, 0.717) is 11.8 Å². The number of nitrogens with one attached hydrogen (secondary N) is 1. The lowest BCUT2D eigenvalue weighted by Crippen LogP contribution is -2.26. The molecule has 0 spiro atoms. The maximum absolute atomic E-state index is 12.3. The molecule has 94 valence electrons. The molecule has 2 bridgehead atoms. The minimum Gasteiger partial charge on any atom is -0.326 e. The molecular formula is C16H19NO. The minimum atomic E-state index is 0.185. The number of para-hydroxylation sites is 1. The third-order valence-electron chi connectivity index (χ3n) is 4.27. The molecule has 3 unspecified atom stereocenters. The van der Waals surface area contributed by atoms with Crippen LogP contribution in [0.4, 0.5) is 5.69 Å². The van der Waals surface area contributed by atoms with E-state index < -0.39 is 0 Å². The van der Waals surface area contributed by atoms with Gasteiger partial charge in [-0.3, -0.25) is 4.79 Å². The van der Waals surface area contributed by atoms with Gasteiger partial charge in [-0.2, -0.15) is 0 Å². The standard InChI is InChI=1S/C16H19NO/c1-2-12-5-3-4-6-15(12)17-16(18)14-10-11-7-8-13(14)9-11/h3-8,11,13-14H,2,9-10H2,1H3,(H,17,18). The lowest BCUT2D eigenvalue weighted by molar-refractivity contribution is -0.120. The van der Waals surface area contributed by atoms with E-state index in [1.807, 2.05) is 18.2 Å². The first-order chi connectivity index (χ1) is 8.78. The molecular weight excluding hydrogens is 222 g/mol. The third kappa shape index (κ3) is 1.96. The van der Waals surface area contributed by atoms with Crippen molar-refractivity contribution in [2.45, 2.75) is 26.2 Å². The number of aryl methyl sites for hydroxylation is 1. The van der Waals surface area contributed by atoms with Gasteiger partial charge in [0.15, 0.2) is 0 Å². The van der Waals surface area contributed by atoms with Crippen LogP contribution in [0.5, 0.6) is 0 Å². The Balaban J connectivity index is 1.73. The Kier molecular flexibility index (Phi) is 2.94. The summed E-state index contributed by atoms with van der Waals surface area (Å²) in [5, 5.41) is 3.12. The molecule has 1 fully saturated rings. The lowest BCUT2D eigenvalue weighted by Gasteiger charge is -2.18. The smallest absolute Gasteiger partial charge is 0.228 e. The predicted molar refractivity (Wildman–Crippen MR) is 73.3 cm³/mol. The van der Waals surface area contributed by atoms with E-state index in [9.17, 15) is 4.79 Å². The largest absolute Gasteiger partial charge is 0.326 e. The Bertz CT molecular complexity index is 492. The van der Waals surface area contributed by atoms with E-state index in [0.717, 1.165) is 18.5 Å². The van der Waals surface area contributed by atoms with Crippen LogP contribution in [0.3, 0.4) is 0 Å². The van der Waals surface area contributed by atoms with Gasteiger partial charge in [0, 0.05) is 11.6 Å². The van der Waals surface area contributed by atoms with Crippen molar-refractivity contribution < 1.29 is 4.79 Å². The molecule has 3 rings (SSSR count). The van der Waals surface area contributed by atoms with Crippen LogP contribution in [0.25, 0.3) is 0 Å². The van der Waals surface area contributed by atoms with E-state index >= 15 is 0 Å². The predicted octanol–water partition coefficient (Wildman–Crippen LogP) is 3.40. The average molecular weight is 241 g/mol. The Hall–Kier alpha value is -1.57. The lowest BCUT2D eigenvalue weighted by atomic mass is 9.92. The van der Waals surface area contributed by atoms with E-state index in [1.54, 1.807) is 0 Å². The van der Waals surface area contributed by atoms with Gasteiger partial charge in [-0.25, -0.2) is 0 Å². The maximum atomic E-state index is 12.3. The third-order valence-corrected chi connectivity index (χ3v) is 4.27. The van der Waals surface area contributed by atoms with Gasteiger partial charge in [0.05, 0.1) is 0 Å². The molecule has 1 N–H and O–H groups in total. The monoisotopic (exact) mass is 241 g/mol. The summed E-state index contributed by atoms with van der Waals surface area (Å²) in [6.07, 6.45) is 7.65. The molecule has 2 nitrogen and oxygen atoms in total. The second-order valence-corrected chi connectivity index (χ2v) is 5.39. The van der Waals surface area contributed by atoms with Crippen LogP contribution in [0.1, 0.15) is 25.3 Å². The summed E-state index contributed by atoms with van der Waals surface area (Å²) < 4.78 is 0. The number of hydrogen-bond donors (Lipinski definition) is 1. The molecule has 3 atom stereocenters. The zero-order chi connectivity index (χ0) is 12.5. The van der Waals surface area contributed by atoms with Crippen LogP contribution in [0.15, 0.2) is 36.4 Å². The summed E-state index contributed by atoms with van der Waals surface area (Å²) in [4.78, 5) is 12.3. The van der Waals surface area contributed by atoms with Crippen molar-refractivity contribution in [3.63, 3.8) is 0 Å². The Morgan fingerprint density at radius 2 is 2.11 bits per heavy atom. The highest BCUT2D eigenvalue weighted by molar-refractivity contribution is 5.94. The number of fused-ring (bicyclic) bond motifs is 2. The number of carbonyl (C=O) groups excluding carboxylic acids is 1. The first-order valence-corrected chi connectivity index (χ1v) is 6.85. The summed E-state index contributed by atoms with van der Waals surface area (Å²) in [5.74, 6) is 1.51. The molecule has 18 heavy (non-hydrogen) atoms. The minimum absolute atomic E-state index is 0.185. The van der Waals surface area contributed by atoms with Gasteiger partial charge in [-0.1, -0.05) is 37.3 Å². The zero-order valence-corrected chi connectivity index (χ0v) is 10.7. The van der Waals surface area contributed by atoms with Gasteiger partial charge in [0.2, 0.25) is 5.91 Å². The number of amides is 1. The SMILES string of the molecule is CCc1ccccc1NC(=O)C1CC2C=CC1C2. The summed E-state index contributed by atoms with van der Waals surface area (Å²) in [6.45, 7) is 2.12. The molecule has 1 saturated carbocycles. The number of anilines is 1. The van der Waals surface area contributed by atoms with Crippen LogP contribution < -0.4 is 5.32 Å². The molecule has 2 aliphatic rings. The van der Waals surface area contributed by atoms with Gasteiger partial charge in [-0.15, -0.1) is 0 Å². The molecule has 2 aliphatic carbocycles. The van der Waals surface area contributed by atoms with E-state index in [1.165, 1.54) is 12.0 Å². The molecule has 1 aromatic rings. The van der Waals surface area contributed by atoms with Gasteiger partial charge in [-0.05, 0) is 42.7 Å². The van der Waals surface area contributed by atoms with Gasteiger partial charge in [0.25, 0.3) is 0 Å². The van der Waals surface area contributed by atoms with Gasteiger partial charge < -0.3 is 5.32 Å². The first-order valence-electron chi connectivity index (χ1n) is 6.85. The highest BCUT2D eigenvalue weighted by Crippen LogP contribution is 2.43. The molecule has 0 aromatic heterocycles. The van der Waals surface area contributed by atoms with Crippen molar-refractivity contribution in [2.24, 2.45) is 17.8 Å². The zero-order valence-electron chi connectivity index (χ0n) is 10.7. The Morgan fingerprint density at radius 3 is 2.78 bits per heavy atom. The van der Waals surface area contributed by atoms with Crippen LogP contribution in [-0.4, -0.2) is 5.91 Å². The van der Waals surface area contributed by atoms with Crippen LogP contribution in [-0.2, 0) is 11.2 Å². The molecule has 0 heterocycles. The quantitative estimate of drug-likeness (QED) is 0.807. The highest BCUT2D eigenvalue weighted by Gasteiger charge is 2.39. The van der Waals surface area contributed by atoms with Crippen molar-refractivity contribution in [3.05, 3.63) is 42.0 Å². The summed E-state index contributed by atoms with van der Waals surface area (Å²) >= 11 is 0. The Labute approximate surface area is 108 Å². The average Bonchev–Trinajstić information content (AvgIpc) is 3.01. The van der Waals surface area contributed by atoms with Crippen LogP contribution in [0.2, 0.25) is 0 Å². The number of carbonyl (C=O) groups is 1. The summed E-state index contributed by atoms with van der Waals surface area (Å²) in [6, 6.07) is 8.08. The van der Waals surface area contributed by atoms with E-state index in [4.69, 9.17) is 0 Å². The normalized spacial score (nSPS) is 28.6. The molecule has 1 amide bonds. The molecule has 0 aliphatic heterocycles. The fourth-order valence-electron chi connectivity index (χ4n) is 3.26. The number of rotatable bonds is 3. The molecule has 0 saturated heterocycles. The second kappa shape index (κ2) is 4.60. The first kappa shape index (κ1) is 11.5. The van der Waals surface area contributed by atoms with Gasteiger partial charge >= 0.3 is 0 Å². The van der Waals surface area contributed by atoms with Crippen LogP contribution in [0, 0.1) is 17.8 Å². The number of benzene rings is 1. The summed E-state index contributed by atoms with van der Waals surface area (Å²) in [7, 11) is 0. The number of allylic oxidation sites excluding steroid dienone is 2. The van der Waals surface area contributed by atoms with Gasteiger partial charge in [0.1, 0.15) is 0 Å². The van der Waals surface area contributed by atoms with Crippen molar-refractivity contribution in [3.8, 4) is 0 Å². The molecule has 0 radical (unpaired) electrons. The fraction of sp³-hybridized carbons (Fsp3) is 0.438. The van der Waals surface area contributed by atoms with Crippen molar-refractivity contribution in [1.29, 1.82) is 0 Å². The van der Waals surface area contributed by atoms with Crippen LogP contribution >= 0.6 is 0 Å². The van der Waals surface area contributed by atoms with E-state index in [-0.39, 0.29) is 11.8 Å². The van der Waals surface area contributed by atoms with Crippen molar-refractivity contribution in [1.82, 2.24) is 0 Å². The fourth-order valence-corrected chi connectivity index (χ4v) is 3.26. The second-order valence-electron chi connectivity index (χ2n) is 5.39. The van der Waals surface area contributed by atoms with Crippen molar-refractivity contribution >= 4 is 11.6 Å². The maximum Gasteiger partial charge on any atom is 0.228 e. The molecule has 1 aromatic carbocycles. The van der Waals surface area contributed by atoms with Crippen molar-refractivity contribution in [2.75, 3.05) is 5.32 Å².